The van der Waals surface area contributed by atoms with E-state index >= 15 is 0 Å². The molecule has 1 aromatic heterocycles. The molecule has 5 heteroatoms. The zero-order valence-electron chi connectivity index (χ0n) is 10.2. The van der Waals surface area contributed by atoms with Gasteiger partial charge in [0, 0.05) is 0 Å². The summed E-state index contributed by atoms with van der Waals surface area (Å²) in [5.41, 5.74) is 7.13. The second kappa shape index (κ2) is 4.73. The second-order valence-corrected chi connectivity index (χ2v) is 7.18. The number of anilines is 1. The predicted molar refractivity (Wildman–Crippen MR) is 68.4 cm³/mol. The summed E-state index contributed by atoms with van der Waals surface area (Å²) in [7, 11) is 0. The van der Waals surface area contributed by atoms with Crippen molar-refractivity contribution in [1.82, 2.24) is 9.88 Å². The third kappa shape index (κ3) is 2.17. The third-order valence-electron chi connectivity index (χ3n) is 3.70. The summed E-state index contributed by atoms with van der Waals surface area (Å²) in [6, 6.07) is 0.535. The number of morpholine rings is 1. The number of nitrogen functional groups attached to an aromatic ring is 1. The van der Waals surface area contributed by atoms with E-state index in [1.54, 1.807) is 0 Å². The molecular weight excluding hydrogens is 281 g/mol. The van der Waals surface area contributed by atoms with Crippen molar-refractivity contribution in [2.45, 2.75) is 38.3 Å². The van der Waals surface area contributed by atoms with Crippen molar-refractivity contribution in [2.75, 3.05) is 25.4 Å². The standard InChI is InChI=1S/C12H19N3OSe/c1-2-3-15-4-5-16-10-7-11-8(6-9(10)15)14-12(13)17-11/h9-10H,2-7H2,1H3,(H2,13,14)/t9-,10-/m1/s1. The third-order valence-corrected chi connectivity index (χ3v) is 5.69. The summed E-state index contributed by atoms with van der Waals surface area (Å²) < 4.78 is 8.28. The molecule has 0 bridgehead atoms. The van der Waals surface area contributed by atoms with Crippen LogP contribution < -0.4 is 5.73 Å². The van der Waals surface area contributed by atoms with E-state index < -0.39 is 0 Å². The molecule has 94 valence electrons. The first kappa shape index (κ1) is 11.7. The maximum atomic E-state index is 5.94. The summed E-state index contributed by atoms with van der Waals surface area (Å²) in [6.07, 6.45) is 3.70. The summed E-state index contributed by atoms with van der Waals surface area (Å²) in [5.74, 6) is 0. The van der Waals surface area contributed by atoms with E-state index in [0.717, 1.165) is 30.7 Å². The van der Waals surface area contributed by atoms with Crippen LogP contribution in [0.25, 0.3) is 0 Å². The van der Waals surface area contributed by atoms with Crippen molar-refractivity contribution in [1.29, 1.82) is 0 Å². The van der Waals surface area contributed by atoms with Crippen molar-refractivity contribution in [3.05, 3.63) is 10.1 Å². The Bertz CT molecular complexity index is 404. The van der Waals surface area contributed by atoms with Gasteiger partial charge in [0.05, 0.1) is 0 Å². The Morgan fingerprint density at radius 1 is 1.53 bits per heavy atom. The summed E-state index contributed by atoms with van der Waals surface area (Å²) in [6.45, 7) is 5.37. The van der Waals surface area contributed by atoms with E-state index in [1.807, 2.05) is 0 Å². The predicted octanol–water partition coefficient (Wildman–Crippen LogP) is 0.299. The fourth-order valence-electron chi connectivity index (χ4n) is 2.96. The van der Waals surface area contributed by atoms with Crippen LogP contribution in [-0.4, -0.2) is 56.2 Å². The normalized spacial score (nSPS) is 28.8. The average molecular weight is 300 g/mol. The fourth-order valence-corrected chi connectivity index (χ4v) is 4.85. The number of rotatable bonds is 2. The van der Waals surface area contributed by atoms with Gasteiger partial charge >= 0.3 is 108 Å². The molecular formula is C12H19N3OSe. The number of aromatic nitrogens is 1. The van der Waals surface area contributed by atoms with Crippen LogP contribution in [0.3, 0.4) is 0 Å². The summed E-state index contributed by atoms with van der Waals surface area (Å²) in [4.78, 5) is 7.09. The van der Waals surface area contributed by atoms with Crippen LogP contribution in [0.5, 0.6) is 0 Å². The molecule has 1 aromatic rings. The number of ether oxygens (including phenoxy) is 1. The summed E-state index contributed by atoms with van der Waals surface area (Å²) >= 11 is 0.302. The van der Waals surface area contributed by atoms with Gasteiger partial charge in [0.2, 0.25) is 0 Å². The first-order valence-corrected chi connectivity index (χ1v) is 8.09. The van der Waals surface area contributed by atoms with Gasteiger partial charge in [-0.05, 0) is 0 Å². The van der Waals surface area contributed by atoms with E-state index in [-0.39, 0.29) is 0 Å². The van der Waals surface area contributed by atoms with E-state index in [1.165, 1.54) is 23.1 Å². The minimum absolute atomic E-state index is 0.302. The molecule has 2 heterocycles. The number of nitrogens with two attached hydrogens (primary N) is 1. The first-order chi connectivity index (χ1) is 8.28. The van der Waals surface area contributed by atoms with Crippen LogP contribution in [-0.2, 0) is 17.6 Å². The molecule has 2 N–H and O–H groups in total. The summed E-state index contributed by atoms with van der Waals surface area (Å²) in [5, 5.41) is 0. The van der Waals surface area contributed by atoms with Crippen molar-refractivity contribution >= 4 is 19.2 Å². The van der Waals surface area contributed by atoms with Crippen LogP contribution >= 0.6 is 0 Å². The van der Waals surface area contributed by atoms with Gasteiger partial charge in [0.15, 0.2) is 0 Å². The van der Waals surface area contributed by atoms with Gasteiger partial charge in [-0.25, -0.2) is 0 Å². The molecule has 1 aliphatic carbocycles. The number of hydrogen-bond donors (Lipinski definition) is 1. The Kier molecular flexibility index (Phi) is 3.26. The Hall–Kier alpha value is -0.351. The first-order valence-electron chi connectivity index (χ1n) is 6.37. The molecule has 0 unspecified atom stereocenters. The molecule has 1 fully saturated rings. The van der Waals surface area contributed by atoms with Crippen molar-refractivity contribution in [3.63, 3.8) is 0 Å². The van der Waals surface area contributed by atoms with Crippen molar-refractivity contribution < 1.29 is 4.74 Å². The van der Waals surface area contributed by atoms with Crippen LogP contribution in [0.1, 0.15) is 23.5 Å². The second-order valence-electron chi connectivity index (χ2n) is 4.84. The molecule has 1 saturated heterocycles. The molecule has 17 heavy (non-hydrogen) atoms. The molecule has 0 spiro atoms. The van der Waals surface area contributed by atoms with Gasteiger partial charge in [0.25, 0.3) is 0 Å². The van der Waals surface area contributed by atoms with E-state index in [2.05, 4.69) is 16.8 Å². The fraction of sp³-hybridized carbons (Fsp3) is 0.750. The van der Waals surface area contributed by atoms with Gasteiger partial charge in [-0.1, -0.05) is 0 Å². The van der Waals surface area contributed by atoms with Crippen LogP contribution in [0.15, 0.2) is 0 Å². The molecule has 0 radical (unpaired) electrons. The van der Waals surface area contributed by atoms with E-state index in [9.17, 15) is 0 Å². The molecule has 4 nitrogen and oxygen atoms in total. The number of nitrogens with zero attached hydrogens (tertiary/aromatic N) is 2. The Morgan fingerprint density at radius 3 is 3.24 bits per heavy atom. The van der Waals surface area contributed by atoms with Crippen LogP contribution in [0.4, 0.5) is 4.69 Å². The Balaban J connectivity index is 1.83. The Morgan fingerprint density at radius 2 is 2.41 bits per heavy atom. The van der Waals surface area contributed by atoms with Crippen LogP contribution in [0, 0.1) is 0 Å². The van der Waals surface area contributed by atoms with Gasteiger partial charge in [-0.3, -0.25) is 0 Å². The molecule has 1 aliphatic heterocycles. The van der Waals surface area contributed by atoms with Crippen molar-refractivity contribution in [2.24, 2.45) is 0 Å². The molecule has 0 saturated carbocycles. The van der Waals surface area contributed by atoms with Gasteiger partial charge in [-0.2, -0.15) is 0 Å². The zero-order chi connectivity index (χ0) is 11.8. The average Bonchev–Trinajstić information content (AvgIpc) is 2.66. The number of fused-ring (bicyclic) bond motifs is 2. The van der Waals surface area contributed by atoms with Crippen LogP contribution in [0.2, 0.25) is 0 Å². The number of hydrogen-bond acceptors (Lipinski definition) is 4. The van der Waals surface area contributed by atoms with E-state index in [4.69, 9.17) is 10.5 Å². The van der Waals surface area contributed by atoms with Gasteiger partial charge in [0.1, 0.15) is 0 Å². The van der Waals surface area contributed by atoms with Gasteiger partial charge < -0.3 is 0 Å². The van der Waals surface area contributed by atoms with Gasteiger partial charge in [-0.15, -0.1) is 0 Å². The molecule has 3 rings (SSSR count). The van der Waals surface area contributed by atoms with E-state index in [0.29, 0.717) is 26.6 Å². The van der Waals surface area contributed by atoms with Crippen molar-refractivity contribution in [3.8, 4) is 0 Å². The quantitative estimate of drug-likeness (QED) is 0.798. The topological polar surface area (TPSA) is 51.4 Å². The Labute approximate surface area is 108 Å². The maximum absolute atomic E-state index is 5.94. The molecule has 0 amide bonds. The monoisotopic (exact) mass is 301 g/mol. The zero-order valence-corrected chi connectivity index (χ0v) is 11.9. The SMILES string of the molecule is CCCN1CCO[C@@H]2Cc3[se]c(N)nc3C[C@H]21. The molecule has 0 aromatic carbocycles. The minimum atomic E-state index is 0.302. The molecule has 2 atom stereocenters. The molecule has 2 aliphatic rings.